The summed E-state index contributed by atoms with van der Waals surface area (Å²) in [6.07, 6.45) is 2.24. The van der Waals surface area contributed by atoms with Crippen LogP contribution >= 0.6 is 11.3 Å². The maximum Gasteiger partial charge on any atom is 0.228 e. The zero-order valence-electron chi connectivity index (χ0n) is 18.0. The Kier molecular flexibility index (Phi) is 5.85. The fourth-order valence-electron chi connectivity index (χ4n) is 4.24. The van der Waals surface area contributed by atoms with E-state index in [1.807, 2.05) is 23.3 Å². The molecule has 1 saturated heterocycles. The number of benzene rings is 1. The molecular weight excluding hydrogens is 420 g/mol. The third kappa shape index (κ3) is 4.50. The maximum atomic E-state index is 12.7. The molecule has 7 nitrogen and oxygen atoms in total. The predicted molar refractivity (Wildman–Crippen MR) is 127 cm³/mol. The van der Waals surface area contributed by atoms with Crippen molar-refractivity contribution in [3.8, 4) is 0 Å². The van der Waals surface area contributed by atoms with Crippen LogP contribution < -0.4 is 5.32 Å². The molecule has 0 aliphatic carbocycles. The number of fused-ring (bicyclic) bond motifs is 1. The van der Waals surface area contributed by atoms with Gasteiger partial charge in [-0.2, -0.15) is 5.10 Å². The zero-order chi connectivity index (χ0) is 21.9. The molecule has 1 aromatic carbocycles. The third-order valence-electron chi connectivity index (χ3n) is 5.95. The summed E-state index contributed by atoms with van der Waals surface area (Å²) in [5.41, 5.74) is 3.96. The van der Waals surface area contributed by atoms with Gasteiger partial charge >= 0.3 is 0 Å². The van der Waals surface area contributed by atoms with Crippen molar-refractivity contribution in [3.05, 3.63) is 69.8 Å². The predicted octanol–water partition coefficient (Wildman–Crippen LogP) is 3.94. The SMILES string of the molecule is Cc1nc(CC(=O)N2CC[C@H](c3ccc4c(NCCc5ccccc5)n[nH]c4n3)C2)cs1. The molecule has 1 fully saturated rings. The van der Waals surface area contributed by atoms with Gasteiger partial charge in [0.1, 0.15) is 0 Å². The van der Waals surface area contributed by atoms with Crippen LogP contribution in [-0.2, 0) is 17.6 Å². The third-order valence-corrected chi connectivity index (χ3v) is 6.77. The Hall–Kier alpha value is -3.26. The average Bonchev–Trinajstić information content (AvgIpc) is 3.54. The number of thiazole rings is 1. The molecule has 1 amide bonds. The number of hydrogen-bond acceptors (Lipinski definition) is 6. The lowest BCUT2D eigenvalue weighted by atomic mass is 10.0. The number of anilines is 1. The molecule has 0 saturated carbocycles. The summed E-state index contributed by atoms with van der Waals surface area (Å²) in [6.45, 7) is 4.24. The molecule has 1 atom stereocenters. The molecule has 0 bridgehead atoms. The smallest absolute Gasteiger partial charge is 0.228 e. The number of nitrogens with one attached hydrogen (secondary N) is 2. The lowest BCUT2D eigenvalue weighted by Crippen LogP contribution is -2.30. The van der Waals surface area contributed by atoms with Crippen LogP contribution in [0.2, 0.25) is 0 Å². The topological polar surface area (TPSA) is 86.8 Å². The van der Waals surface area contributed by atoms with E-state index in [1.54, 1.807) is 11.3 Å². The highest BCUT2D eigenvalue weighted by atomic mass is 32.1. The number of H-pyrrole nitrogens is 1. The standard InChI is InChI=1S/C24H26N6OS/c1-16-26-19(15-32-16)13-22(31)30-12-10-18(14-30)21-8-7-20-23(28-29-24(20)27-21)25-11-9-17-5-3-2-4-6-17/h2-8,15,18H,9-14H2,1H3,(H2,25,27,28,29)/t18-/m0/s1. The molecule has 2 N–H and O–H groups in total. The molecule has 5 rings (SSSR count). The van der Waals surface area contributed by atoms with Gasteiger partial charge in [-0.25, -0.2) is 9.97 Å². The summed E-state index contributed by atoms with van der Waals surface area (Å²) >= 11 is 1.59. The number of aromatic nitrogens is 4. The second-order valence-corrected chi connectivity index (χ2v) is 9.29. The van der Waals surface area contributed by atoms with Gasteiger partial charge in [0.2, 0.25) is 5.91 Å². The van der Waals surface area contributed by atoms with Crippen LogP contribution in [0.3, 0.4) is 0 Å². The Bertz CT molecular complexity index is 1220. The molecule has 4 heterocycles. The number of nitrogens with zero attached hydrogens (tertiary/aromatic N) is 4. The maximum absolute atomic E-state index is 12.7. The fourth-order valence-corrected chi connectivity index (χ4v) is 4.85. The Morgan fingerprint density at radius 2 is 2.09 bits per heavy atom. The number of hydrogen-bond donors (Lipinski definition) is 2. The van der Waals surface area contributed by atoms with E-state index in [4.69, 9.17) is 4.98 Å². The number of pyridine rings is 1. The van der Waals surface area contributed by atoms with Crippen LogP contribution in [0.15, 0.2) is 47.8 Å². The van der Waals surface area contributed by atoms with E-state index >= 15 is 0 Å². The van der Waals surface area contributed by atoms with Gasteiger partial charge in [-0.3, -0.25) is 9.89 Å². The summed E-state index contributed by atoms with van der Waals surface area (Å²) in [5, 5.41) is 14.8. The molecule has 1 aliphatic rings. The summed E-state index contributed by atoms with van der Waals surface area (Å²) in [4.78, 5) is 23.8. The van der Waals surface area contributed by atoms with Crippen LogP contribution in [0.5, 0.6) is 0 Å². The van der Waals surface area contributed by atoms with Crippen LogP contribution in [0.1, 0.15) is 34.3 Å². The Balaban J connectivity index is 1.20. The van der Waals surface area contributed by atoms with Crippen molar-refractivity contribution in [2.45, 2.75) is 32.1 Å². The number of rotatable bonds is 7. The highest BCUT2D eigenvalue weighted by Gasteiger charge is 2.28. The number of amides is 1. The van der Waals surface area contributed by atoms with Gasteiger partial charge in [0.05, 0.1) is 22.5 Å². The molecule has 3 aromatic heterocycles. The zero-order valence-corrected chi connectivity index (χ0v) is 18.9. The summed E-state index contributed by atoms with van der Waals surface area (Å²) in [6, 6.07) is 14.6. The average molecular weight is 447 g/mol. The first kappa shape index (κ1) is 20.6. The van der Waals surface area contributed by atoms with E-state index in [1.165, 1.54) is 5.56 Å². The minimum atomic E-state index is 0.144. The molecule has 32 heavy (non-hydrogen) atoms. The van der Waals surface area contributed by atoms with Crippen molar-refractivity contribution in [2.75, 3.05) is 25.0 Å². The Morgan fingerprint density at radius 3 is 2.91 bits per heavy atom. The first-order valence-corrected chi connectivity index (χ1v) is 11.9. The first-order chi connectivity index (χ1) is 15.7. The second kappa shape index (κ2) is 9.08. The minimum Gasteiger partial charge on any atom is -0.368 e. The van der Waals surface area contributed by atoms with E-state index < -0.39 is 0 Å². The van der Waals surface area contributed by atoms with Crippen LogP contribution in [0, 0.1) is 6.92 Å². The number of aromatic amines is 1. The quantitative estimate of drug-likeness (QED) is 0.449. The van der Waals surface area contributed by atoms with Gasteiger partial charge in [-0.05, 0) is 37.5 Å². The van der Waals surface area contributed by atoms with Crippen molar-refractivity contribution in [3.63, 3.8) is 0 Å². The summed E-state index contributed by atoms with van der Waals surface area (Å²) < 4.78 is 0. The molecule has 4 aromatic rings. The molecule has 1 aliphatic heterocycles. The van der Waals surface area contributed by atoms with Gasteiger partial charge in [0.15, 0.2) is 11.5 Å². The Morgan fingerprint density at radius 1 is 1.22 bits per heavy atom. The molecule has 0 radical (unpaired) electrons. The van der Waals surface area contributed by atoms with E-state index in [9.17, 15) is 4.79 Å². The molecule has 0 spiro atoms. The number of likely N-dealkylation sites (tertiary alicyclic amines) is 1. The molecular formula is C24H26N6OS. The molecule has 164 valence electrons. The van der Waals surface area contributed by atoms with E-state index in [2.05, 4.69) is 56.9 Å². The van der Waals surface area contributed by atoms with E-state index in [0.29, 0.717) is 13.0 Å². The van der Waals surface area contributed by atoms with Gasteiger partial charge in [0, 0.05) is 36.6 Å². The van der Waals surface area contributed by atoms with E-state index in [-0.39, 0.29) is 11.8 Å². The largest absolute Gasteiger partial charge is 0.368 e. The highest BCUT2D eigenvalue weighted by molar-refractivity contribution is 7.09. The van der Waals surface area contributed by atoms with Crippen molar-refractivity contribution in [2.24, 2.45) is 0 Å². The monoisotopic (exact) mass is 446 g/mol. The summed E-state index contributed by atoms with van der Waals surface area (Å²) in [5.74, 6) is 1.22. The van der Waals surface area contributed by atoms with Crippen molar-refractivity contribution in [1.82, 2.24) is 25.1 Å². The summed E-state index contributed by atoms with van der Waals surface area (Å²) in [7, 11) is 0. The van der Waals surface area contributed by atoms with Gasteiger partial charge < -0.3 is 10.2 Å². The second-order valence-electron chi connectivity index (χ2n) is 8.23. The first-order valence-electron chi connectivity index (χ1n) is 11.0. The van der Waals surface area contributed by atoms with Crippen LogP contribution in [-0.4, -0.2) is 50.6 Å². The van der Waals surface area contributed by atoms with Crippen molar-refractivity contribution in [1.29, 1.82) is 0 Å². The molecule has 8 heteroatoms. The lowest BCUT2D eigenvalue weighted by Gasteiger charge is -2.16. The normalized spacial score (nSPS) is 16.0. The van der Waals surface area contributed by atoms with Gasteiger partial charge in [-0.15, -0.1) is 11.3 Å². The Labute approximate surface area is 190 Å². The number of carbonyl (C=O) groups excluding carboxylic acids is 1. The van der Waals surface area contributed by atoms with Gasteiger partial charge in [0.25, 0.3) is 0 Å². The number of aryl methyl sites for hydroxylation is 1. The van der Waals surface area contributed by atoms with Crippen LogP contribution in [0.25, 0.3) is 11.0 Å². The highest BCUT2D eigenvalue weighted by Crippen LogP contribution is 2.29. The lowest BCUT2D eigenvalue weighted by molar-refractivity contribution is -0.129. The van der Waals surface area contributed by atoms with E-state index in [0.717, 1.165) is 59.2 Å². The van der Waals surface area contributed by atoms with Gasteiger partial charge in [-0.1, -0.05) is 30.3 Å². The number of carbonyl (C=O) groups is 1. The fraction of sp³-hybridized carbons (Fsp3) is 0.333. The van der Waals surface area contributed by atoms with Crippen molar-refractivity contribution < 1.29 is 4.79 Å². The minimum absolute atomic E-state index is 0.144. The molecule has 0 unspecified atom stereocenters. The van der Waals surface area contributed by atoms with Crippen LogP contribution in [0.4, 0.5) is 5.82 Å². The van der Waals surface area contributed by atoms with Crippen molar-refractivity contribution >= 4 is 34.1 Å².